The Morgan fingerprint density at radius 3 is 2.71 bits per heavy atom. The van der Waals surface area contributed by atoms with Gasteiger partial charge in [-0.1, -0.05) is 12.1 Å². The molecule has 130 valence electrons. The Kier molecular flexibility index (Phi) is 5.73. The first kappa shape index (κ1) is 17.7. The second-order valence-electron chi connectivity index (χ2n) is 5.76. The van der Waals surface area contributed by atoms with E-state index in [1.165, 1.54) is 30.0 Å². The number of para-hydroxylation sites is 1. The molecule has 0 radical (unpaired) electrons. The Hall–Kier alpha value is -2.64. The molecule has 1 aromatic rings. The van der Waals surface area contributed by atoms with Crippen LogP contribution in [0.15, 0.2) is 24.3 Å². The number of urea groups is 1. The van der Waals surface area contributed by atoms with Gasteiger partial charge in [-0.05, 0) is 31.9 Å². The van der Waals surface area contributed by atoms with Crippen LogP contribution in [0.4, 0.5) is 14.9 Å². The highest BCUT2D eigenvalue weighted by atomic mass is 19.1. The van der Waals surface area contributed by atoms with Crippen molar-refractivity contribution in [3.05, 3.63) is 30.1 Å². The lowest BCUT2D eigenvalue weighted by Gasteiger charge is -2.32. The Labute approximate surface area is 138 Å². The molecule has 1 unspecified atom stereocenters. The lowest BCUT2D eigenvalue weighted by atomic mass is 9.97. The van der Waals surface area contributed by atoms with E-state index in [9.17, 15) is 18.8 Å². The number of carbonyl (C=O) groups excluding carboxylic acids is 2. The zero-order chi connectivity index (χ0) is 17.7. The van der Waals surface area contributed by atoms with Crippen LogP contribution < -0.4 is 10.6 Å². The number of hydrogen-bond acceptors (Lipinski definition) is 3. The van der Waals surface area contributed by atoms with E-state index in [4.69, 9.17) is 5.11 Å². The lowest BCUT2D eigenvalue weighted by Crippen LogP contribution is -2.49. The molecule has 7 nitrogen and oxygen atoms in total. The number of benzene rings is 1. The monoisotopic (exact) mass is 337 g/mol. The van der Waals surface area contributed by atoms with Gasteiger partial charge >= 0.3 is 12.0 Å². The maximum absolute atomic E-state index is 13.6. The van der Waals surface area contributed by atoms with Crippen LogP contribution in [-0.2, 0) is 9.59 Å². The SMILES string of the molecule is C[C@@H](NC(=O)C1CCCN(C(=O)Nc2ccccc2F)C1)C(=O)O. The molecule has 1 aromatic carbocycles. The highest BCUT2D eigenvalue weighted by Gasteiger charge is 2.30. The van der Waals surface area contributed by atoms with Gasteiger partial charge in [-0.3, -0.25) is 9.59 Å². The van der Waals surface area contributed by atoms with Crippen LogP contribution in [0.3, 0.4) is 0 Å². The summed E-state index contributed by atoms with van der Waals surface area (Å²) >= 11 is 0. The second kappa shape index (κ2) is 7.76. The predicted octanol–water partition coefficient (Wildman–Crippen LogP) is 1.66. The van der Waals surface area contributed by atoms with Gasteiger partial charge < -0.3 is 20.6 Å². The number of piperidine rings is 1. The number of halogens is 1. The van der Waals surface area contributed by atoms with Gasteiger partial charge in [-0.15, -0.1) is 0 Å². The minimum Gasteiger partial charge on any atom is -0.480 e. The third-order valence-corrected chi connectivity index (χ3v) is 3.92. The molecule has 1 aliphatic heterocycles. The number of likely N-dealkylation sites (tertiary alicyclic amines) is 1. The van der Waals surface area contributed by atoms with Crippen molar-refractivity contribution in [2.24, 2.45) is 5.92 Å². The first-order valence-electron chi connectivity index (χ1n) is 7.72. The van der Waals surface area contributed by atoms with E-state index in [1.807, 2.05) is 0 Å². The van der Waals surface area contributed by atoms with Gasteiger partial charge in [0.1, 0.15) is 11.9 Å². The lowest BCUT2D eigenvalue weighted by molar-refractivity contribution is -0.142. The van der Waals surface area contributed by atoms with Crippen molar-refractivity contribution in [3.8, 4) is 0 Å². The average Bonchev–Trinajstić information content (AvgIpc) is 2.56. The van der Waals surface area contributed by atoms with E-state index in [-0.39, 0.29) is 12.2 Å². The zero-order valence-corrected chi connectivity index (χ0v) is 13.3. The van der Waals surface area contributed by atoms with Gasteiger partial charge in [0.2, 0.25) is 5.91 Å². The third-order valence-electron chi connectivity index (χ3n) is 3.92. The van der Waals surface area contributed by atoms with Gasteiger partial charge in [0, 0.05) is 13.1 Å². The smallest absolute Gasteiger partial charge is 0.325 e. The molecule has 0 aromatic heterocycles. The number of carboxylic acids is 1. The van der Waals surface area contributed by atoms with Gasteiger partial charge in [-0.25, -0.2) is 9.18 Å². The molecule has 2 rings (SSSR count). The molecule has 1 heterocycles. The van der Waals surface area contributed by atoms with Crippen molar-refractivity contribution in [2.45, 2.75) is 25.8 Å². The Balaban J connectivity index is 1.95. The van der Waals surface area contributed by atoms with Crippen molar-refractivity contribution in [2.75, 3.05) is 18.4 Å². The highest BCUT2D eigenvalue weighted by Crippen LogP contribution is 2.19. The van der Waals surface area contributed by atoms with Crippen LogP contribution >= 0.6 is 0 Å². The van der Waals surface area contributed by atoms with Gasteiger partial charge in [0.05, 0.1) is 11.6 Å². The van der Waals surface area contributed by atoms with E-state index in [0.717, 1.165) is 0 Å². The molecule has 0 spiro atoms. The van der Waals surface area contributed by atoms with Crippen molar-refractivity contribution < 1.29 is 23.9 Å². The Bertz CT molecular complexity index is 638. The molecule has 1 fully saturated rings. The quantitative estimate of drug-likeness (QED) is 0.778. The summed E-state index contributed by atoms with van der Waals surface area (Å²) in [5, 5.41) is 13.7. The molecule has 0 saturated carbocycles. The summed E-state index contributed by atoms with van der Waals surface area (Å²) in [6, 6.07) is 4.36. The molecule has 2 atom stereocenters. The maximum Gasteiger partial charge on any atom is 0.325 e. The van der Waals surface area contributed by atoms with E-state index in [0.29, 0.717) is 19.4 Å². The summed E-state index contributed by atoms with van der Waals surface area (Å²) in [7, 11) is 0. The topological polar surface area (TPSA) is 98.7 Å². The normalized spacial score (nSPS) is 18.6. The summed E-state index contributed by atoms with van der Waals surface area (Å²) in [5.41, 5.74) is 0.0774. The third kappa shape index (κ3) is 4.43. The van der Waals surface area contributed by atoms with Crippen molar-refractivity contribution in [1.29, 1.82) is 0 Å². The number of rotatable bonds is 4. The first-order chi connectivity index (χ1) is 11.4. The molecule has 1 saturated heterocycles. The summed E-state index contributed by atoms with van der Waals surface area (Å²) in [6.07, 6.45) is 1.19. The summed E-state index contributed by atoms with van der Waals surface area (Å²) in [6.45, 7) is 2.00. The predicted molar refractivity (Wildman–Crippen MR) is 85.0 cm³/mol. The first-order valence-corrected chi connectivity index (χ1v) is 7.72. The van der Waals surface area contributed by atoms with Crippen molar-refractivity contribution in [1.82, 2.24) is 10.2 Å². The van der Waals surface area contributed by atoms with E-state index >= 15 is 0 Å². The fourth-order valence-electron chi connectivity index (χ4n) is 2.53. The van der Waals surface area contributed by atoms with Crippen LogP contribution in [0.5, 0.6) is 0 Å². The molecular formula is C16H20FN3O4. The fraction of sp³-hybridized carbons (Fsp3) is 0.438. The van der Waals surface area contributed by atoms with Gasteiger partial charge in [0.15, 0.2) is 0 Å². The average molecular weight is 337 g/mol. The van der Waals surface area contributed by atoms with Crippen molar-refractivity contribution >= 4 is 23.6 Å². The molecule has 0 bridgehead atoms. The molecule has 1 aliphatic rings. The van der Waals surface area contributed by atoms with Crippen molar-refractivity contribution in [3.63, 3.8) is 0 Å². The van der Waals surface area contributed by atoms with Gasteiger partial charge in [-0.2, -0.15) is 0 Å². The number of hydrogen-bond donors (Lipinski definition) is 3. The van der Waals surface area contributed by atoms with Crippen LogP contribution in [0.25, 0.3) is 0 Å². The number of anilines is 1. The fourth-order valence-corrected chi connectivity index (χ4v) is 2.53. The van der Waals surface area contributed by atoms with E-state index in [2.05, 4.69) is 10.6 Å². The number of amides is 3. The number of carbonyl (C=O) groups is 3. The number of nitrogens with one attached hydrogen (secondary N) is 2. The van der Waals surface area contributed by atoms with E-state index in [1.54, 1.807) is 6.07 Å². The number of carboxylic acid groups (broad SMARTS) is 1. The Morgan fingerprint density at radius 1 is 1.33 bits per heavy atom. The maximum atomic E-state index is 13.6. The molecule has 3 N–H and O–H groups in total. The highest BCUT2D eigenvalue weighted by molar-refractivity contribution is 5.90. The van der Waals surface area contributed by atoms with Crippen LogP contribution in [0, 0.1) is 11.7 Å². The van der Waals surface area contributed by atoms with Crippen LogP contribution in [-0.4, -0.2) is 47.0 Å². The summed E-state index contributed by atoms with van der Waals surface area (Å²) in [4.78, 5) is 36.6. The second-order valence-corrected chi connectivity index (χ2v) is 5.76. The number of nitrogens with zero attached hydrogens (tertiary/aromatic N) is 1. The molecule has 0 aliphatic carbocycles. The standard InChI is InChI=1S/C16H20FN3O4/c1-10(15(22)23)18-14(21)11-5-4-8-20(9-11)16(24)19-13-7-3-2-6-12(13)17/h2-3,6-7,10-11H,4-5,8-9H2,1H3,(H,18,21)(H,19,24)(H,22,23)/t10-,11?/m1/s1. The van der Waals surface area contributed by atoms with E-state index < -0.39 is 35.7 Å². The van der Waals surface area contributed by atoms with Crippen LogP contribution in [0.2, 0.25) is 0 Å². The summed E-state index contributed by atoms with van der Waals surface area (Å²) < 4.78 is 13.6. The molecule has 3 amide bonds. The zero-order valence-electron chi connectivity index (χ0n) is 13.3. The van der Waals surface area contributed by atoms with Gasteiger partial charge in [0.25, 0.3) is 0 Å². The Morgan fingerprint density at radius 2 is 2.04 bits per heavy atom. The number of aliphatic carboxylic acids is 1. The van der Waals surface area contributed by atoms with Crippen LogP contribution in [0.1, 0.15) is 19.8 Å². The molecular weight excluding hydrogens is 317 g/mol. The minimum atomic E-state index is -1.12. The largest absolute Gasteiger partial charge is 0.480 e. The summed E-state index contributed by atoms with van der Waals surface area (Å²) in [5.74, 6) is -2.53. The minimum absolute atomic E-state index is 0.0774. The molecule has 8 heteroatoms. The molecule has 24 heavy (non-hydrogen) atoms.